The van der Waals surface area contributed by atoms with Gasteiger partial charge in [0, 0.05) is 48.8 Å². The molecule has 12 nitrogen and oxygen atoms in total. The molecule has 2 aliphatic rings. The van der Waals surface area contributed by atoms with Gasteiger partial charge in [-0.3, -0.25) is 4.79 Å². The minimum atomic E-state index is -1.26. The number of carbonyl (C=O) groups excluding carboxylic acids is 1. The maximum atomic E-state index is 13.3. The molecule has 1 atom stereocenters. The van der Waals surface area contributed by atoms with E-state index in [1.165, 1.54) is 0 Å². The van der Waals surface area contributed by atoms with Crippen LogP contribution in [0.5, 0.6) is 28.7 Å². The molecular weight excluding hydrogens is 616 g/mol. The van der Waals surface area contributed by atoms with E-state index in [4.69, 9.17) is 33.9 Å². The van der Waals surface area contributed by atoms with Crippen molar-refractivity contribution >= 4 is 35.3 Å². The van der Waals surface area contributed by atoms with Crippen LogP contribution in [0.15, 0.2) is 77.7 Å². The zero-order valence-electron chi connectivity index (χ0n) is 25.7. The van der Waals surface area contributed by atoms with Crippen molar-refractivity contribution in [3.05, 3.63) is 78.4 Å². The van der Waals surface area contributed by atoms with Crippen molar-refractivity contribution in [1.82, 2.24) is 4.90 Å². The highest BCUT2D eigenvalue weighted by Crippen LogP contribution is 2.48. The van der Waals surface area contributed by atoms with Crippen molar-refractivity contribution in [3.63, 3.8) is 0 Å². The first kappa shape index (κ1) is 34.0. The highest BCUT2D eigenvalue weighted by molar-refractivity contribution is 8.00. The number of ether oxygens (including phenoxy) is 5. The summed E-state index contributed by atoms with van der Waals surface area (Å²) in [6.07, 6.45) is 1.95. The second-order valence-electron chi connectivity index (χ2n) is 10.1. The summed E-state index contributed by atoms with van der Waals surface area (Å²) in [7, 11) is 5.51. The number of carboxylic acids is 2. The number of carbonyl (C=O) groups is 3. The molecule has 244 valence electrons. The van der Waals surface area contributed by atoms with E-state index in [2.05, 4.69) is 11.9 Å². The fraction of sp³-hybridized carbons (Fsp3) is 0.303. The van der Waals surface area contributed by atoms with Crippen molar-refractivity contribution < 1.29 is 48.3 Å². The average Bonchev–Trinajstić information content (AvgIpc) is 3.52. The standard InChI is InChI=1S/C29H32N2O6S.C4H4O4/c1-30(14-16-34-21-10-12-25-26(18-21)37-19-36-25)13-6-15-35-24-11-9-20(33-3)17-22(24)28-29(32)31(2)23-7-4-5-8-27(23)38-28;5-3(6)1-2-4(7)8/h4-5,7-12,17-18,28H,6,13-16,19H2,1-3H3;1-2H,(H,5,6)(H,7,8)/b;2-1+. The monoisotopic (exact) mass is 652 g/mol. The van der Waals surface area contributed by atoms with Crippen LogP contribution < -0.4 is 28.6 Å². The van der Waals surface area contributed by atoms with Gasteiger partial charge in [-0.2, -0.15) is 0 Å². The summed E-state index contributed by atoms with van der Waals surface area (Å²) in [5.74, 6) is 1.14. The smallest absolute Gasteiger partial charge is 0.328 e. The highest BCUT2D eigenvalue weighted by Gasteiger charge is 2.34. The molecule has 2 N–H and O–H groups in total. The molecule has 0 saturated heterocycles. The molecule has 0 aromatic heterocycles. The lowest BCUT2D eigenvalue weighted by Gasteiger charge is -2.32. The molecule has 5 rings (SSSR count). The number of para-hydroxylation sites is 1. The molecule has 1 amide bonds. The number of aliphatic carboxylic acids is 2. The molecule has 0 radical (unpaired) electrons. The third-order valence-corrected chi connectivity index (χ3v) is 8.21. The van der Waals surface area contributed by atoms with Crippen LogP contribution in [0, 0.1) is 0 Å². The van der Waals surface area contributed by atoms with Gasteiger partial charge in [-0.1, -0.05) is 12.1 Å². The second kappa shape index (κ2) is 16.4. The largest absolute Gasteiger partial charge is 0.497 e. The Labute approximate surface area is 271 Å². The van der Waals surface area contributed by atoms with Crippen LogP contribution in [0.4, 0.5) is 5.69 Å². The number of benzene rings is 3. The number of rotatable bonds is 13. The van der Waals surface area contributed by atoms with E-state index in [0.717, 1.165) is 52.9 Å². The Morgan fingerprint density at radius 3 is 2.41 bits per heavy atom. The van der Waals surface area contributed by atoms with Gasteiger partial charge in [0.05, 0.1) is 19.4 Å². The summed E-state index contributed by atoms with van der Waals surface area (Å²) >= 11 is 1.55. The van der Waals surface area contributed by atoms with E-state index in [9.17, 15) is 14.4 Å². The molecule has 0 fully saturated rings. The number of anilines is 1. The van der Waals surface area contributed by atoms with Crippen molar-refractivity contribution in [2.24, 2.45) is 0 Å². The number of nitrogens with zero attached hydrogens (tertiary/aromatic N) is 2. The predicted octanol–water partition coefficient (Wildman–Crippen LogP) is 4.73. The van der Waals surface area contributed by atoms with Crippen molar-refractivity contribution in [2.75, 3.05) is 59.2 Å². The summed E-state index contributed by atoms with van der Waals surface area (Å²) in [5.41, 5.74) is 1.75. The molecule has 1 unspecified atom stereocenters. The lowest BCUT2D eigenvalue weighted by Crippen LogP contribution is -2.33. The number of hydrogen-bond acceptors (Lipinski definition) is 10. The Morgan fingerprint density at radius 1 is 0.957 bits per heavy atom. The van der Waals surface area contributed by atoms with E-state index >= 15 is 0 Å². The Balaban J connectivity index is 0.000000533. The zero-order chi connectivity index (χ0) is 33.1. The van der Waals surface area contributed by atoms with Gasteiger partial charge >= 0.3 is 11.9 Å². The molecule has 0 spiro atoms. The maximum Gasteiger partial charge on any atom is 0.328 e. The molecule has 2 aliphatic heterocycles. The number of carboxylic acid groups (broad SMARTS) is 2. The van der Waals surface area contributed by atoms with E-state index in [1.807, 2.05) is 67.7 Å². The Kier molecular flexibility index (Phi) is 12.1. The van der Waals surface area contributed by atoms with Gasteiger partial charge in [-0.25, -0.2) is 9.59 Å². The van der Waals surface area contributed by atoms with Crippen LogP contribution in [0.3, 0.4) is 0 Å². The number of thioether (sulfide) groups is 1. The van der Waals surface area contributed by atoms with Gasteiger partial charge in [0.15, 0.2) is 11.5 Å². The number of methoxy groups -OCH3 is 1. The van der Waals surface area contributed by atoms with Crippen molar-refractivity contribution in [3.8, 4) is 28.7 Å². The summed E-state index contributed by atoms with van der Waals surface area (Å²) in [6.45, 7) is 2.98. The van der Waals surface area contributed by atoms with Gasteiger partial charge in [-0.15, -0.1) is 11.8 Å². The number of amides is 1. The Hall–Kier alpha value is -4.88. The average molecular weight is 653 g/mol. The predicted molar refractivity (Wildman–Crippen MR) is 172 cm³/mol. The summed E-state index contributed by atoms with van der Waals surface area (Å²) in [6, 6.07) is 19.2. The van der Waals surface area contributed by atoms with Gasteiger partial charge in [-0.05, 0) is 55.9 Å². The SMILES string of the molecule is COc1ccc(OCCCN(C)CCOc2ccc3c(c2)OCO3)c(C2Sc3ccccc3N(C)C2=O)c1.O=C(O)/C=C/C(=O)O. The number of fused-ring (bicyclic) bond motifs is 2. The molecule has 3 aromatic rings. The first-order chi connectivity index (χ1) is 22.2. The van der Waals surface area contributed by atoms with Crippen LogP contribution in [0.1, 0.15) is 17.2 Å². The fourth-order valence-electron chi connectivity index (χ4n) is 4.55. The van der Waals surface area contributed by atoms with Crippen LogP contribution in [0.2, 0.25) is 0 Å². The maximum absolute atomic E-state index is 13.3. The first-order valence-electron chi connectivity index (χ1n) is 14.3. The van der Waals surface area contributed by atoms with E-state index in [-0.39, 0.29) is 12.7 Å². The summed E-state index contributed by atoms with van der Waals surface area (Å²) < 4.78 is 28.3. The minimum Gasteiger partial charge on any atom is -0.497 e. The lowest BCUT2D eigenvalue weighted by molar-refractivity contribution is -0.134. The zero-order valence-corrected chi connectivity index (χ0v) is 26.5. The van der Waals surface area contributed by atoms with E-state index in [0.29, 0.717) is 36.9 Å². The third kappa shape index (κ3) is 9.31. The third-order valence-electron chi connectivity index (χ3n) is 6.92. The van der Waals surface area contributed by atoms with E-state index in [1.54, 1.807) is 23.8 Å². The van der Waals surface area contributed by atoms with Crippen molar-refractivity contribution in [2.45, 2.75) is 16.6 Å². The lowest BCUT2D eigenvalue weighted by atomic mass is 10.1. The van der Waals surface area contributed by atoms with Crippen LogP contribution >= 0.6 is 11.8 Å². The van der Waals surface area contributed by atoms with Gasteiger partial charge in [0.2, 0.25) is 12.7 Å². The van der Waals surface area contributed by atoms with Gasteiger partial charge < -0.3 is 43.7 Å². The van der Waals surface area contributed by atoms with Crippen molar-refractivity contribution in [1.29, 1.82) is 0 Å². The molecule has 3 aromatic carbocycles. The fourth-order valence-corrected chi connectivity index (χ4v) is 5.86. The van der Waals surface area contributed by atoms with Gasteiger partial charge in [0.1, 0.15) is 29.1 Å². The first-order valence-corrected chi connectivity index (χ1v) is 15.2. The quantitative estimate of drug-likeness (QED) is 0.195. The van der Waals surface area contributed by atoms with Crippen LogP contribution in [-0.2, 0) is 14.4 Å². The number of hydrogen-bond donors (Lipinski definition) is 2. The normalized spacial score (nSPS) is 14.8. The molecule has 13 heteroatoms. The Bertz CT molecular complexity index is 1550. The molecule has 46 heavy (non-hydrogen) atoms. The van der Waals surface area contributed by atoms with E-state index < -0.39 is 17.2 Å². The minimum absolute atomic E-state index is 0.0222. The highest BCUT2D eigenvalue weighted by atomic mass is 32.2. The summed E-state index contributed by atoms with van der Waals surface area (Å²) in [5, 5.41) is 15.2. The molecule has 0 aliphatic carbocycles. The molecule has 2 heterocycles. The topological polar surface area (TPSA) is 144 Å². The molecule has 0 saturated carbocycles. The molecular formula is C33H36N2O10S. The second-order valence-corrected chi connectivity index (χ2v) is 11.3. The Morgan fingerprint density at radius 2 is 1.67 bits per heavy atom. The van der Waals surface area contributed by atoms with Crippen LogP contribution in [-0.4, -0.2) is 87.3 Å². The van der Waals surface area contributed by atoms with Crippen LogP contribution in [0.25, 0.3) is 0 Å². The molecule has 0 bridgehead atoms. The van der Waals surface area contributed by atoms with Gasteiger partial charge in [0.25, 0.3) is 0 Å². The number of likely N-dealkylation sites (N-methyl/N-ethyl adjacent to an activating group) is 2. The summed E-state index contributed by atoms with van der Waals surface area (Å²) in [4.78, 5) is 37.4.